The maximum absolute atomic E-state index is 12.9. The van der Waals surface area contributed by atoms with Gasteiger partial charge < -0.3 is 14.9 Å². The number of phenolic OH excluding ortho intramolecular Hbond substituents is 1. The van der Waals surface area contributed by atoms with Gasteiger partial charge in [-0.3, -0.25) is 14.2 Å². The number of carboxylic acid groups (broad SMARTS) is 1. The Morgan fingerprint density at radius 3 is 2.76 bits per heavy atom. The average Bonchev–Trinajstić information content (AvgIpc) is 2.70. The van der Waals surface area contributed by atoms with Gasteiger partial charge in [-0.2, -0.15) is 0 Å². The van der Waals surface area contributed by atoms with Crippen molar-refractivity contribution in [2.75, 3.05) is 6.61 Å². The first-order valence-corrected chi connectivity index (χ1v) is 9.35. The number of phenols is 1. The van der Waals surface area contributed by atoms with E-state index in [-0.39, 0.29) is 24.3 Å². The fraction of sp³-hybridized carbons (Fsp3) is 0.227. The van der Waals surface area contributed by atoms with Crippen LogP contribution in [0.5, 0.6) is 11.5 Å². The van der Waals surface area contributed by atoms with Crippen LogP contribution in [0.3, 0.4) is 0 Å². The van der Waals surface area contributed by atoms with Crippen molar-refractivity contribution in [3.63, 3.8) is 0 Å². The summed E-state index contributed by atoms with van der Waals surface area (Å²) in [5.74, 6) is -0.0417. The van der Waals surface area contributed by atoms with Gasteiger partial charge in [0, 0.05) is 13.0 Å². The summed E-state index contributed by atoms with van der Waals surface area (Å²) in [5.41, 5.74) is 1.14. The van der Waals surface area contributed by atoms with Gasteiger partial charge in [0.1, 0.15) is 5.82 Å². The second kappa shape index (κ2) is 9.05. The highest BCUT2D eigenvalue weighted by atomic mass is 16.5. The minimum atomic E-state index is -0.906. The first-order chi connectivity index (χ1) is 14.0. The summed E-state index contributed by atoms with van der Waals surface area (Å²) in [6, 6.07) is 12.0. The largest absolute Gasteiger partial charge is 0.504 e. The molecular weight excluding hydrogens is 372 g/mol. The fourth-order valence-corrected chi connectivity index (χ4v) is 2.99. The normalized spacial score (nSPS) is 11.2. The van der Waals surface area contributed by atoms with Gasteiger partial charge in [0.25, 0.3) is 5.56 Å². The van der Waals surface area contributed by atoms with Crippen molar-refractivity contribution in [2.45, 2.75) is 26.3 Å². The molecule has 7 heteroatoms. The number of para-hydroxylation sites is 1. The molecule has 0 bridgehead atoms. The molecule has 0 spiro atoms. The molecule has 2 N–H and O–H groups in total. The molecule has 1 heterocycles. The minimum absolute atomic E-state index is 0.0297. The van der Waals surface area contributed by atoms with Crippen LogP contribution in [0.25, 0.3) is 23.1 Å². The smallest absolute Gasteiger partial charge is 0.303 e. The Morgan fingerprint density at radius 2 is 2.00 bits per heavy atom. The van der Waals surface area contributed by atoms with Gasteiger partial charge in [-0.25, -0.2) is 4.98 Å². The van der Waals surface area contributed by atoms with Gasteiger partial charge >= 0.3 is 5.97 Å². The van der Waals surface area contributed by atoms with Crippen molar-refractivity contribution in [3.05, 3.63) is 64.2 Å². The molecule has 7 nitrogen and oxygen atoms in total. The molecule has 0 saturated heterocycles. The molecule has 0 atom stereocenters. The molecule has 150 valence electrons. The summed E-state index contributed by atoms with van der Waals surface area (Å²) in [6.45, 7) is 2.51. The monoisotopic (exact) mass is 394 g/mol. The molecule has 0 radical (unpaired) electrons. The highest BCUT2D eigenvalue weighted by Gasteiger charge is 2.10. The number of rotatable bonds is 8. The van der Waals surface area contributed by atoms with Gasteiger partial charge in [0.05, 0.1) is 17.5 Å². The Labute approximate surface area is 167 Å². The van der Waals surface area contributed by atoms with Crippen molar-refractivity contribution in [2.24, 2.45) is 0 Å². The van der Waals surface area contributed by atoms with E-state index in [0.717, 1.165) is 5.56 Å². The lowest BCUT2D eigenvalue weighted by Gasteiger charge is -2.11. The molecule has 3 rings (SSSR count). The number of hydrogen-bond donors (Lipinski definition) is 2. The molecule has 0 amide bonds. The minimum Gasteiger partial charge on any atom is -0.504 e. The number of carbonyl (C=O) groups is 1. The molecule has 0 aliphatic rings. The van der Waals surface area contributed by atoms with Crippen molar-refractivity contribution in [1.82, 2.24) is 9.55 Å². The van der Waals surface area contributed by atoms with Crippen molar-refractivity contribution in [1.29, 1.82) is 0 Å². The van der Waals surface area contributed by atoms with Gasteiger partial charge in [-0.15, -0.1) is 0 Å². The quantitative estimate of drug-likeness (QED) is 0.606. The summed E-state index contributed by atoms with van der Waals surface area (Å²) >= 11 is 0. The molecule has 0 unspecified atom stereocenters. The Kier molecular flexibility index (Phi) is 6.29. The number of fused-ring (bicyclic) bond motifs is 1. The van der Waals surface area contributed by atoms with Crippen LogP contribution in [-0.4, -0.2) is 32.3 Å². The van der Waals surface area contributed by atoms with Crippen LogP contribution < -0.4 is 10.3 Å². The third-order valence-electron chi connectivity index (χ3n) is 4.37. The Bertz CT molecular complexity index is 1120. The summed E-state index contributed by atoms with van der Waals surface area (Å²) in [7, 11) is 0. The third-order valence-corrected chi connectivity index (χ3v) is 4.37. The molecule has 0 aliphatic heterocycles. The standard InChI is InChI=1S/C22H22N2O5/c1-2-29-19-14-15(9-11-18(19)25)10-12-20-23-17-7-4-3-6-16(17)22(28)24(20)13-5-8-21(26)27/h3-4,6-7,9-12,14,25H,2,5,8,13H2,1H3,(H,26,27)/b12-10-. The van der Waals surface area contributed by atoms with E-state index in [2.05, 4.69) is 4.98 Å². The van der Waals surface area contributed by atoms with E-state index in [9.17, 15) is 14.7 Å². The third kappa shape index (κ3) is 4.82. The summed E-state index contributed by atoms with van der Waals surface area (Å²) < 4.78 is 6.89. The van der Waals surface area contributed by atoms with Gasteiger partial charge in [0.2, 0.25) is 0 Å². The number of aromatic nitrogens is 2. The second-order valence-electron chi connectivity index (χ2n) is 6.43. The van der Waals surface area contributed by atoms with E-state index in [0.29, 0.717) is 35.5 Å². The average molecular weight is 394 g/mol. The van der Waals surface area contributed by atoms with Crippen LogP contribution in [-0.2, 0) is 11.3 Å². The maximum Gasteiger partial charge on any atom is 0.303 e. The lowest BCUT2D eigenvalue weighted by Crippen LogP contribution is -2.24. The van der Waals surface area contributed by atoms with Gasteiger partial charge in [-0.05, 0) is 49.2 Å². The van der Waals surface area contributed by atoms with Crippen LogP contribution in [0, 0.1) is 0 Å². The molecule has 0 fully saturated rings. The zero-order valence-corrected chi connectivity index (χ0v) is 16.0. The maximum atomic E-state index is 12.9. The van der Waals surface area contributed by atoms with Crippen molar-refractivity contribution >= 4 is 29.0 Å². The molecule has 2 aromatic carbocycles. The number of ether oxygens (including phenoxy) is 1. The van der Waals surface area contributed by atoms with Crippen LogP contribution in [0.2, 0.25) is 0 Å². The summed E-state index contributed by atoms with van der Waals surface area (Å²) in [6.07, 6.45) is 3.77. The van der Waals surface area contributed by atoms with Crippen LogP contribution in [0.15, 0.2) is 47.3 Å². The molecular formula is C22H22N2O5. The van der Waals surface area contributed by atoms with Crippen molar-refractivity contribution in [3.8, 4) is 11.5 Å². The number of benzene rings is 2. The highest BCUT2D eigenvalue weighted by molar-refractivity contribution is 5.79. The van der Waals surface area contributed by atoms with E-state index in [4.69, 9.17) is 9.84 Å². The number of carboxylic acids is 1. The highest BCUT2D eigenvalue weighted by Crippen LogP contribution is 2.27. The van der Waals surface area contributed by atoms with Crippen molar-refractivity contribution < 1.29 is 19.7 Å². The van der Waals surface area contributed by atoms with Crippen LogP contribution >= 0.6 is 0 Å². The fourth-order valence-electron chi connectivity index (χ4n) is 2.99. The summed E-state index contributed by atoms with van der Waals surface area (Å²) in [4.78, 5) is 28.3. The van der Waals surface area contributed by atoms with E-state index in [1.807, 2.05) is 13.0 Å². The zero-order valence-electron chi connectivity index (χ0n) is 16.0. The van der Waals surface area contributed by atoms with Gasteiger partial charge in [-0.1, -0.05) is 24.3 Å². The van der Waals surface area contributed by atoms with E-state index in [1.54, 1.807) is 48.6 Å². The zero-order chi connectivity index (χ0) is 20.8. The number of nitrogens with zero attached hydrogens (tertiary/aromatic N) is 2. The van der Waals surface area contributed by atoms with Crippen LogP contribution in [0.4, 0.5) is 0 Å². The lowest BCUT2D eigenvalue weighted by atomic mass is 10.1. The Morgan fingerprint density at radius 1 is 1.21 bits per heavy atom. The number of aromatic hydroxyl groups is 1. The molecule has 0 saturated carbocycles. The van der Waals surface area contributed by atoms with E-state index >= 15 is 0 Å². The SMILES string of the molecule is CCOc1cc(/C=C\c2nc3ccccc3c(=O)n2CCCC(=O)O)ccc1O. The topological polar surface area (TPSA) is 102 Å². The number of hydrogen-bond acceptors (Lipinski definition) is 5. The van der Waals surface area contributed by atoms with E-state index in [1.165, 1.54) is 4.57 Å². The predicted molar refractivity (Wildman–Crippen MR) is 111 cm³/mol. The molecule has 3 aromatic rings. The second-order valence-corrected chi connectivity index (χ2v) is 6.43. The Balaban J connectivity index is 2.00. The van der Waals surface area contributed by atoms with Crippen LogP contribution in [0.1, 0.15) is 31.2 Å². The number of aliphatic carboxylic acids is 1. The van der Waals surface area contributed by atoms with Gasteiger partial charge in [0.15, 0.2) is 11.5 Å². The van der Waals surface area contributed by atoms with E-state index < -0.39 is 5.97 Å². The first-order valence-electron chi connectivity index (χ1n) is 9.35. The molecule has 1 aromatic heterocycles. The first kappa shape index (κ1) is 20.1. The predicted octanol–water partition coefficient (Wildman–Crippen LogP) is 3.54. The Hall–Kier alpha value is -3.61. The lowest BCUT2D eigenvalue weighted by molar-refractivity contribution is -0.137. The molecule has 0 aliphatic carbocycles. The molecule has 29 heavy (non-hydrogen) atoms. The summed E-state index contributed by atoms with van der Waals surface area (Å²) in [5, 5.41) is 19.2.